The third-order valence-electron chi connectivity index (χ3n) is 2.70. The Labute approximate surface area is 123 Å². The summed E-state index contributed by atoms with van der Waals surface area (Å²) in [5.41, 5.74) is 6.44. The predicted octanol–water partition coefficient (Wildman–Crippen LogP) is 3.43. The molecule has 4 nitrogen and oxygen atoms in total. The molecule has 0 aromatic heterocycles. The molecule has 0 spiro atoms. The number of carbonyl (C=O) groups excluding carboxylic acids is 1. The van der Waals surface area contributed by atoms with Crippen molar-refractivity contribution >= 4 is 33.2 Å². The summed E-state index contributed by atoms with van der Waals surface area (Å²) in [5.74, 6) is -0.653. The van der Waals surface area contributed by atoms with Crippen LogP contribution in [0.25, 0.3) is 0 Å². The molecule has 0 saturated heterocycles. The van der Waals surface area contributed by atoms with Gasteiger partial charge in [0.2, 0.25) is 0 Å². The maximum atomic E-state index is 13.8. The third kappa shape index (κ3) is 2.91. The van der Waals surface area contributed by atoms with Gasteiger partial charge in [-0.25, -0.2) is 4.39 Å². The van der Waals surface area contributed by atoms with Crippen LogP contribution in [-0.2, 0) is 0 Å². The Morgan fingerprint density at radius 1 is 1.35 bits per heavy atom. The predicted molar refractivity (Wildman–Crippen MR) is 79.5 cm³/mol. The molecule has 0 atom stereocenters. The van der Waals surface area contributed by atoms with Crippen LogP contribution in [0.5, 0.6) is 5.75 Å². The van der Waals surface area contributed by atoms with Gasteiger partial charge < -0.3 is 15.8 Å². The van der Waals surface area contributed by atoms with Crippen molar-refractivity contribution < 1.29 is 13.9 Å². The number of halogens is 2. The molecule has 0 aliphatic heterocycles. The number of nitrogen functional groups attached to an aromatic ring is 1. The zero-order valence-corrected chi connectivity index (χ0v) is 12.2. The van der Waals surface area contributed by atoms with Crippen molar-refractivity contribution in [1.29, 1.82) is 0 Å². The fourth-order valence-corrected chi connectivity index (χ4v) is 2.01. The highest BCUT2D eigenvalue weighted by molar-refractivity contribution is 9.10. The van der Waals surface area contributed by atoms with Crippen molar-refractivity contribution in [2.75, 3.05) is 18.2 Å². The molecular weight excluding hydrogens is 327 g/mol. The van der Waals surface area contributed by atoms with Gasteiger partial charge in [0, 0.05) is 6.07 Å². The summed E-state index contributed by atoms with van der Waals surface area (Å²) in [7, 11) is 1.51. The molecule has 104 valence electrons. The Morgan fingerprint density at radius 3 is 2.80 bits per heavy atom. The van der Waals surface area contributed by atoms with Crippen molar-refractivity contribution in [3.63, 3.8) is 0 Å². The number of anilines is 2. The summed E-state index contributed by atoms with van der Waals surface area (Å²) >= 11 is 3.04. The van der Waals surface area contributed by atoms with E-state index in [0.717, 1.165) is 0 Å². The highest BCUT2D eigenvalue weighted by atomic mass is 79.9. The molecule has 1 amide bonds. The third-order valence-corrected chi connectivity index (χ3v) is 3.32. The number of carbonyl (C=O) groups is 1. The van der Waals surface area contributed by atoms with Crippen molar-refractivity contribution in [2.24, 2.45) is 0 Å². The van der Waals surface area contributed by atoms with Gasteiger partial charge in [-0.05, 0) is 40.2 Å². The highest BCUT2D eigenvalue weighted by Crippen LogP contribution is 2.26. The number of nitrogens with two attached hydrogens (primary N) is 1. The molecule has 2 aromatic rings. The number of rotatable bonds is 3. The average Bonchev–Trinajstić information content (AvgIpc) is 2.44. The van der Waals surface area contributed by atoms with Crippen LogP contribution >= 0.6 is 15.9 Å². The molecule has 0 radical (unpaired) electrons. The number of benzene rings is 2. The van der Waals surface area contributed by atoms with E-state index in [1.54, 1.807) is 24.3 Å². The lowest BCUT2D eigenvalue weighted by Crippen LogP contribution is -2.15. The van der Waals surface area contributed by atoms with Crippen molar-refractivity contribution in [2.45, 2.75) is 0 Å². The molecule has 3 N–H and O–H groups in total. The summed E-state index contributed by atoms with van der Waals surface area (Å²) < 4.78 is 19.1. The Morgan fingerprint density at radius 2 is 2.10 bits per heavy atom. The molecule has 0 saturated carbocycles. The zero-order chi connectivity index (χ0) is 14.7. The topological polar surface area (TPSA) is 64.3 Å². The first-order valence-electron chi connectivity index (χ1n) is 5.72. The molecule has 0 aliphatic rings. The summed E-state index contributed by atoms with van der Waals surface area (Å²) in [4.78, 5) is 12.1. The van der Waals surface area contributed by atoms with E-state index in [4.69, 9.17) is 10.5 Å². The van der Waals surface area contributed by atoms with E-state index >= 15 is 0 Å². The van der Waals surface area contributed by atoms with Crippen LogP contribution in [0, 0.1) is 5.82 Å². The van der Waals surface area contributed by atoms with Gasteiger partial charge in [0.05, 0.1) is 28.5 Å². The molecule has 2 rings (SSSR count). The first-order valence-corrected chi connectivity index (χ1v) is 6.51. The molecule has 0 fully saturated rings. The first-order chi connectivity index (χ1) is 9.52. The van der Waals surface area contributed by atoms with Gasteiger partial charge in [0.15, 0.2) is 0 Å². The van der Waals surface area contributed by atoms with Crippen LogP contribution in [-0.4, -0.2) is 13.0 Å². The Hall–Kier alpha value is -2.08. The van der Waals surface area contributed by atoms with E-state index in [9.17, 15) is 9.18 Å². The smallest absolute Gasteiger partial charge is 0.258 e. The van der Waals surface area contributed by atoms with Crippen LogP contribution in [0.2, 0.25) is 0 Å². The van der Waals surface area contributed by atoms with Gasteiger partial charge in [0.1, 0.15) is 11.6 Å². The van der Waals surface area contributed by atoms with E-state index in [1.807, 2.05) is 0 Å². The maximum Gasteiger partial charge on any atom is 0.258 e. The zero-order valence-electron chi connectivity index (χ0n) is 10.6. The SMILES string of the molecule is COc1ccc(N)c(NC(=O)c2cccc(Br)c2F)c1. The van der Waals surface area contributed by atoms with Gasteiger partial charge in [-0.1, -0.05) is 6.07 Å². The molecule has 0 heterocycles. The van der Waals surface area contributed by atoms with Crippen molar-refractivity contribution in [1.82, 2.24) is 0 Å². The summed E-state index contributed by atoms with van der Waals surface area (Å²) in [5, 5.41) is 2.56. The molecule has 6 heteroatoms. The minimum absolute atomic E-state index is 0.0680. The fourth-order valence-electron chi connectivity index (χ4n) is 1.64. The second-order valence-electron chi connectivity index (χ2n) is 4.01. The molecule has 2 aromatic carbocycles. The molecule has 20 heavy (non-hydrogen) atoms. The number of amides is 1. The van der Waals surface area contributed by atoms with Gasteiger partial charge >= 0.3 is 0 Å². The maximum absolute atomic E-state index is 13.8. The average molecular weight is 339 g/mol. The minimum atomic E-state index is -0.619. The Kier molecular flexibility index (Phi) is 4.24. The van der Waals surface area contributed by atoms with E-state index in [1.165, 1.54) is 19.2 Å². The summed E-state index contributed by atoms with van der Waals surface area (Å²) in [6.45, 7) is 0. The monoisotopic (exact) mass is 338 g/mol. The molecule has 0 bridgehead atoms. The minimum Gasteiger partial charge on any atom is -0.497 e. The highest BCUT2D eigenvalue weighted by Gasteiger charge is 2.15. The summed E-state index contributed by atoms with van der Waals surface area (Å²) in [6, 6.07) is 9.34. The van der Waals surface area contributed by atoms with Crippen LogP contribution in [0.3, 0.4) is 0 Å². The van der Waals surface area contributed by atoms with Gasteiger partial charge in [-0.15, -0.1) is 0 Å². The van der Waals surface area contributed by atoms with E-state index < -0.39 is 11.7 Å². The number of nitrogens with one attached hydrogen (secondary N) is 1. The van der Waals surface area contributed by atoms with Crippen molar-refractivity contribution in [3.05, 3.63) is 52.3 Å². The second kappa shape index (κ2) is 5.92. The lowest BCUT2D eigenvalue weighted by atomic mass is 10.2. The second-order valence-corrected chi connectivity index (χ2v) is 4.86. The van der Waals surface area contributed by atoms with Gasteiger partial charge in [0.25, 0.3) is 5.91 Å². The Bertz CT molecular complexity index is 662. The van der Waals surface area contributed by atoms with Gasteiger partial charge in [-0.2, -0.15) is 0 Å². The molecule has 0 aliphatic carbocycles. The van der Waals surface area contributed by atoms with Crippen LogP contribution in [0.4, 0.5) is 15.8 Å². The lowest BCUT2D eigenvalue weighted by molar-refractivity contribution is 0.102. The molecular formula is C14H12BrFN2O2. The van der Waals surface area contributed by atoms with Crippen LogP contribution in [0.15, 0.2) is 40.9 Å². The van der Waals surface area contributed by atoms with E-state index in [-0.39, 0.29) is 10.0 Å². The normalized spacial score (nSPS) is 10.2. The Balaban J connectivity index is 2.30. The fraction of sp³-hybridized carbons (Fsp3) is 0.0714. The quantitative estimate of drug-likeness (QED) is 0.842. The molecule has 0 unspecified atom stereocenters. The lowest BCUT2D eigenvalue weighted by Gasteiger charge is -2.10. The van der Waals surface area contributed by atoms with Gasteiger partial charge in [-0.3, -0.25) is 4.79 Å². The summed E-state index contributed by atoms with van der Waals surface area (Å²) in [6.07, 6.45) is 0. The number of hydrogen-bond donors (Lipinski definition) is 2. The number of methoxy groups -OCH3 is 1. The number of ether oxygens (including phenoxy) is 1. The first kappa shape index (κ1) is 14.3. The number of hydrogen-bond acceptors (Lipinski definition) is 3. The van der Waals surface area contributed by atoms with Crippen LogP contribution in [0.1, 0.15) is 10.4 Å². The van der Waals surface area contributed by atoms with E-state index in [0.29, 0.717) is 17.1 Å². The largest absolute Gasteiger partial charge is 0.497 e. The van der Waals surface area contributed by atoms with Crippen molar-refractivity contribution in [3.8, 4) is 5.75 Å². The van der Waals surface area contributed by atoms with Crippen LogP contribution < -0.4 is 15.8 Å². The van der Waals surface area contributed by atoms with E-state index in [2.05, 4.69) is 21.2 Å². The standard InChI is InChI=1S/C14H12BrFN2O2/c1-20-8-5-6-11(17)12(7-8)18-14(19)9-3-2-4-10(15)13(9)16/h2-7H,17H2,1H3,(H,18,19).